The summed E-state index contributed by atoms with van der Waals surface area (Å²) in [6, 6.07) is 10.6. The average Bonchev–Trinajstić information content (AvgIpc) is 2.95. The molecule has 0 N–H and O–H groups in total. The Morgan fingerprint density at radius 2 is 1.22 bits per heavy atom. The first-order chi connectivity index (χ1) is 21.2. The molecule has 0 fully saturated rings. The maximum Gasteiger partial charge on any atom is 0.374 e. The third kappa shape index (κ3) is 8.14. The second-order valence-electron chi connectivity index (χ2n) is 9.32. The van der Waals surface area contributed by atoms with Crippen LogP contribution in [0.3, 0.4) is 0 Å². The number of rotatable bonds is 13. The Bertz CT molecular complexity index is 1850. The van der Waals surface area contributed by atoms with Gasteiger partial charge >= 0.3 is 11.9 Å². The Balaban J connectivity index is 1.65. The van der Waals surface area contributed by atoms with E-state index in [1.165, 1.54) is 36.4 Å². The maximum absolute atomic E-state index is 12.9. The zero-order chi connectivity index (χ0) is 32.9. The standard InChI is InChI=1S/C29H26Cl2O13S/c1-4-38-27(34)23-12-17(32)25-19(8-6-10-21(25)42-23)40-14-16(29(30,31)44-45(3,36)37)15-41-20-9-7-11-22-26(20)18(33)13-24(43-22)28(35)39-5-2/h6-13,16H,4-5,14-15H2,1-3H3. The fraction of sp³-hybridized carbons (Fsp3) is 0.310. The lowest BCUT2D eigenvalue weighted by Crippen LogP contribution is -2.39. The number of carbonyl (C=O) groups excluding carboxylic acids is 2. The second-order valence-corrected chi connectivity index (χ2v) is 12.2. The molecule has 240 valence electrons. The molecule has 0 aliphatic carbocycles. The van der Waals surface area contributed by atoms with Crippen molar-refractivity contribution in [3.8, 4) is 11.5 Å². The Hall–Kier alpha value is -4.11. The maximum atomic E-state index is 12.9. The van der Waals surface area contributed by atoms with Gasteiger partial charge in [-0.05, 0) is 38.1 Å². The summed E-state index contributed by atoms with van der Waals surface area (Å²) in [7, 11) is -4.20. The number of carbonyl (C=O) groups is 2. The van der Waals surface area contributed by atoms with E-state index in [-0.39, 0.29) is 58.2 Å². The molecule has 16 heteroatoms. The van der Waals surface area contributed by atoms with Crippen molar-refractivity contribution < 1.29 is 50.0 Å². The van der Waals surface area contributed by atoms with E-state index < -0.39 is 56.6 Å². The number of alkyl halides is 2. The zero-order valence-corrected chi connectivity index (χ0v) is 26.3. The van der Waals surface area contributed by atoms with Crippen LogP contribution >= 0.6 is 23.2 Å². The van der Waals surface area contributed by atoms with Crippen molar-refractivity contribution >= 4 is 67.2 Å². The topological polar surface area (TPSA) is 175 Å². The molecule has 2 aromatic carbocycles. The van der Waals surface area contributed by atoms with Gasteiger partial charge in [0.15, 0.2) is 10.9 Å². The molecule has 45 heavy (non-hydrogen) atoms. The van der Waals surface area contributed by atoms with Gasteiger partial charge in [-0.2, -0.15) is 8.42 Å². The van der Waals surface area contributed by atoms with E-state index in [0.717, 1.165) is 18.4 Å². The summed E-state index contributed by atoms with van der Waals surface area (Å²) in [5.41, 5.74) is -1.22. The van der Waals surface area contributed by atoms with E-state index in [2.05, 4.69) is 0 Å². The fourth-order valence-electron chi connectivity index (χ4n) is 4.10. The van der Waals surface area contributed by atoms with E-state index in [1.54, 1.807) is 13.8 Å². The smallest absolute Gasteiger partial charge is 0.374 e. The number of hydrogen-bond acceptors (Lipinski definition) is 13. The van der Waals surface area contributed by atoms with Crippen LogP contribution in [0.1, 0.15) is 35.0 Å². The van der Waals surface area contributed by atoms with Gasteiger partial charge in [0.1, 0.15) is 33.4 Å². The molecule has 0 bridgehead atoms. The summed E-state index contributed by atoms with van der Waals surface area (Å²) in [6.45, 7) is 2.38. The molecule has 0 radical (unpaired) electrons. The van der Waals surface area contributed by atoms with Gasteiger partial charge in [0.05, 0.1) is 38.6 Å². The molecule has 0 spiro atoms. The van der Waals surface area contributed by atoms with Crippen LogP contribution in [0.15, 0.2) is 67.0 Å². The summed E-state index contributed by atoms with van der Waals surface area (Å²) >= 11 is 12.7. The minimum atomic E-state index is -4.20. The second kappa shape index (κ2) is 13.9. The Morgan fingerprint density at radius 3 is 1.60 bits per heavy atom. The quantitative estimate of drug-likeness (QED) is 0.110. The largest absolute Gasteiger partial charge is 0.492 e. The highest BCUT2D eigenvalue weighted by atomic mass is 35.5. The van der Waals surface area contributed by atoms with Gasteiger partial charge in [-0.25, -0.2) is 13.8 Å². The highest BCUT2D eigenvalue weighted by molar-refractivity contribution is 7.86. The van der Waals surface area contributed by atoms with Crippen LogP contribution in [0.4, 0.5) is 0 Å². The van der Waals surface area contributed by atoms with Gasteiger partial charge in [-0.15, -0.1) is 0 Å². The summed E-state index contributed by atoms with van der Waals surface area (Å²) in [5.74, 6) is -3.58. The highest BCUT2D eigenvalue weighted by Crippen LogP contribution is 2.36. The first-order valence-corrected chi connectivity index (χ1v) is 15.8. The Labute approximate surface area is 265 Å². The molecule has 13 nitrogen and oxygen atoms in total. The lowest BCUT2D eigenvalue weighted by Gasteiger charge is -2.28. The molecular weight excluding hydrogens is 659 g/mol. The Morgan fingerprint density at radius 1 is 0.800 bits per heavy atom. The van der Waals surface area contributed by atoms with Crippen LogP contribution in [0.5, 0.6) is 11.5 Å². The van der Waals surface area contributed by atoms with Gasteiger partial charge in [-0.1, -0.05) is 35.3 Å². The molecule has 0 saturated carbocycles. The molecule has 4 rings (SSSR count). The van der Waals surface area contributed by atoms with Gasteiger partial charge in [0, 0.05) is 12.1 Å². The van der Waals surface area contributed by atoms with Crippen LogP contribution in [0.2, 0.25) is 0 Å². The molecule has 2 heterocycles. The lowest BCUT2D eigenvalue weighted by molar-refractivity contribution is 0.0482. The van der Waals surface area contributed by atoms with Crippen molar-refractivity contribution in [2.24, 2.45) is 5.92 Å². The van der Waals surface area contributed by atoms with Crippen LogP contribution < -0.4 is 20.3 Å². The first kappa shape index (κ1) is 33.8. The molecule has 4 aromatic rings. The number of ether oxygens (including phenoxy) is 4. The van der Waals surface area contributed by atoms with Crippen LogP contribution in [-0.2, 0) is 23.8 Å². The van der Waals surface area contributed by atoms with E-state index in [9.17, 15) is 27.6 Å². The molecule has 0 atom stereocenters. The summed E-state index contributed by atoms with van der Waals surface area (Å²) in [4.78, 5) is 50.0. The number of benzene rings is 2. The molecular formula is C29H26Cl2O13S. The molecule has 0 amide bonds. The van der Waals surface area contributed by atoms with E-state index >= 15 is 0 Å². The Kier molecular flexibility index (Phi) is 10.4. The van der Waals surface area contributed by atoms with Gasteiger partial charge in [0.25, 0.3) is 10.1 Å². The van der Waals surface area contributed by atoms with Crippen LogP contribution in [0, 0.1) is 5.92 Å². The zero-order valence-electron chi connectivity index (χ0n) is 24.0. The van der Waals surface area contributed by atoms with Crippen molar-refractivity contribution in [1.29, 1.82) is 0 Å². The SMILES string of the molecule is CCOC(=O)c1cc(=O)c2c(OCC(COc3cccc4oc(C(=O)OCC)cc(=O)c34)C(Cl)(Cl)OS(C)(=O)=O)cccc2o1. The normalized spacial score (nSPS) is 12.0. The predicted molar refractivity (Wildman–Crippen MR) is 162 cm³/mol. The monoisotopic (exact) mass is 684 g/mol. The van der Waals surface area contributed by atoms with Gasteiger partial charge in [0.2, 0.25) is 16.0 Å². The molecule has 2 aromatic heterocycles. The van der Waals surface area contributed by atoms with E-state index in [4.69, 9.17) is 55.2 Å². The van der Waals surface area contributed by atoms with Crippen molar-refractivity contribution in [2.75, 3.05) is 32.7 Å². The third-order valence-corrected chi connectivity index (χ3v) is 7.52. The summed E-state index contributed by atoms with van der Waals surface area (Å²) in [6.07, 6.45) is 0.735. The summed E-state index contributed by atoms with van der Waals surface area (Å²) < 4.78 is 58.9. The van der Waals surface area contributed by atoms with Gasteiger partial charge < -0.3 is 27.8 Å². The number of halogens is 2. The summed E-state index contributed by atoms with van der Waals surface area (Å²) in [5, 5.41) is -0.0684. The highest BCUT2D eigenvalue weighted by Gasteiger charge is 2.41. The number of hydrogen-bond donors (Lipinski definition) is 0. The van der Waals surface area contributed by atoms with E-state index in [0.29, 0.717) is 0 Å². The molecule has 0 saturated heterocycles. The average molecular weight is 685 g/mol. The van der Waals surface area contributed by atoms with Crippen LogP contribution in [-0.4, -0.2) is 57.6 Å². The molecule has 0 aliphatic heterocycles. The number of esters is 2. The first-order valence-electron chi connectivity index (χ1n) is 13.3. The molecule has 0 aliphatic rings. The lowest BCUT2D eigenvalue weighted by atomic mass is 10.1. The fourth-order valence-corrected chi connectivity index (χ4v) is 5.57. The minimum absolute atomic E-state index is 0.0101. The molecule has 0 unspecified atom stereocenters. The van der Waals surface area contributed by atoms with Gasteiger partial charge in [-0.3, -0.25) is 9.59 Å². The van der Waals surface area contributed by atoms with Crippen molar-refractivity contribution in [3.05, 3.63) is 80.5 Å². The number of fused-ring (bicyclic) bond motifs is 2. The van der Waals surface area contributed by atoms with Crippen LogP contribution in [0.25, 0.3) is 21.9 Å². The minimum Gasteiger partial charge on any atom is -0.492 e. The predicted octanol–water partition coefficient (Wildman–Crippen LogP) is 4.43. The van der Waals surface area contributed by atoms with E-state index in [1.807, 2.05) is 0 Å². The van der Waals surface area contributed by atoms with Crippen molar-refractivity contribution in [2.45, 2.75) is 18.4 Å². The third-order valence-electron chi connectivity index (χ3n) is 6.00. The van der Waals surface area contributed by atoms with Crippen molar-refractivity contribution in [1.82, 2.24) is 0 Å². The van der Waals surface area contributed by atoms with Crippen molar-refractivity contribution in [3.63, 3.8) is 0 Å².